The highest BCUT2D eigenvalue weighted by atomic mass is 79.9. The third-order valence-corrected chi connectivity index (χ3v) is 3.91. The van der Waals surface area contributed by atoms with E-state index in [1.807, 2.05) is 24.3 Å². The van der Waals surface area contributed by atoms with Crippen LogP contribution in [-0.4, -0.2) is 32.9 Å². The van der Waals surface area contributed by atoms with Crippen LogP contribution < -0.4 is 10.1 Å². The summed E-state index contributed by atoms with van der Waals surface area (Å²) in [5.74, 6) is 1.68. The molecule has 1 aliphatic heterocycles. The molecule has 0 amide bonds. The van der Waals surface area contributed by atoms with Gasteiger partial charge in [0, 0.05) is 11.1 Å². The summed E-state index contributed by atoms with van der Waals surface area (Å²) in [6.07, 6.45) is 3.80. The van der Waals surface area contributed by atoms with Gasteiger partial charge < -0.3 is 14.8 Å². The van der Waals surface area contributed by atoms with Crippen LogP contribution in [0.1, 0.15) is 19.3 Å². The molecule has 1 aliphatic rings. The first-order chi connectivity index (χ1) is 9.34. The molecule has 2 rings (SSSR count). The summed E-state index contributed by atoms with van der Waals surface area (Å²) >= 11 is 3.40. The van der Waals surface area contributed by atoms with Crippen molar-refractivity contribution in [2.24, 2.45) is 5.92 Å². The standard InChI is InChI=1S/C15H22BrNO2/c16-14-3-5-15(6-4-14)19-11-10-18-9-7-13-2-1-8-17-12-13/h3-6,13,17H,1-2,7-12H2. The molecule has 0 radical (unpaired) electrons. The first kappa shape index (κ1) is 14.8. The van der Waals surface area contributed by atoms with Crippen LogP contribution in [0.5, 0.6) is 5.75 Å². The lowest BCUT2D eigenvalue weighted by Crippen LogP contribution is -2.30. The van der Waals surface area contributed by atoms with Gasteiger partial charge in [-0.15, -0.1) is 0 Å². The number of nitrogens with one attached hydrogen (secondary N) is 1. The van der Waals surface area contributed by atoms with Crippen LogP contribution in [0.2, 0.25) is 0 Å². The topological polar surface area (TPSA) is 30.5 Å². The van der Waals surface area contributed by atoms with Gasteiger partial charge in [0.05, 0.1) is 6.61 Å². The molecule has 0 bridgehead atoms. The van der Waals surface area contributed by atoms with E-state index < -0.39 is 0 Å². The van der Waals surface area contributed by atoms with Crippen molar-refractivity contribution in [3.8, 4) is 5.75 Å². The quantitative estimate of drug-likeness (QED) is 0.780. The predicted molar refractivity (Wildman–Crippen MR) is 80.7 cm³/mol. The maximum atomic E-state index is 5.62. The maximum absolute atomic E-state index is 5.62. The van der Waals surface area contributed by atoms with E-state index in [-0.39, 0.29) is 0 Å². The third kappa shape index (κ3) is 5.93. The van der Waals surface area contributed by atoms with Crippen LogP contribution >= 0.6 is 15.9 Å². The first-order valence-electron chi connectivity index (χ1n) is 7.01. The molecule has 106 valence electrons. The zero-order chi connectivity index (χ0) is 13.3. The number of halogens is 1. The first-order valence-corrected chi connectivity index (χ1v) is 7.81. The molecule has 4 heteroatoms. The second-order valence-electron chi connectivity index (χ2n) is 4.92. The van der Waals surface area contributed by atoms with Crippen molar-refractivity contribution in [3.63, 3.8) is 0 Å². The Morgan fingerprint density at radius 1 is 1.16 bits per heavy atom. The summed E-state index contributed by atoms with van der Waals surface area (Å²) in [6.45, 7) is 4.45. The molecular formula is C15H22BrNO2. The van der Waals surface area contributed by atoms with Gasteiger partial charge in [-0.3, -0.25) is 0 Å². The van der Waals surface area contributed by atoms with E-state index in [2.05, 4.69) is 21.2 Å². The number of piperidine rings is 1. The van der Waals surface area contributed by atoms with Crippen LogP contribution in [0.3, 0.4) is 0 Å². The lowest BCUT2D eigenvalue weighted by Gasteiger charge is -2.22. The molecule has 0 spiro atoms. The van der Waals surface area contributed by atoms with Gasteiger partial charge in [0.2, 0.25) is 0 Å². The number of hydrogen-bond donors (Lipinski definition) is 1. The zero-order valence-corrected chi connectivity index (χ0v) is 12.8. The minimum atomic E-state index is 0.616. The molecule has 0 saturated carbocycles. The van der Waals surface area contributed by atoms with Crippen LogP contribution in [0.25, 0.3) is 0 Å². The Balaban J connectivity index is 1.49. The van der Waals surface area contributed by atoms with Crippen molar-refractivity contribution < 1.29 is 9.47 Å². The molecular weight excluding hydrogens is 306 g/mol. The van der Waals surface area contributed by atoms with Crippen LogP contribution in [0, 0.1) is 5.92 Å². The Bertz CT molecular complexity index is 350. The fourth-order valence-electron chi connectivity index (χ4n) is 2.27. The monoisotopic (exact) mass is 327 g/mol. The molecule has 3 nitrogen and oxygen atoms in total. The average Bonchev–Trinajstić information content (AvgIpc) is 2.46. The predicted octanol–water partition coefficient (Wildman–Crippen LogP) is 3.23. The van der Waals surface area contributed by atoms with E-state index in [4.69, 9.17) is 9.47 Å². The Labute approximate surface area is 123 Å². The molecule has 0 aliphatic carbocycles. The summed E-state index contributed by atoms with van der Waals surface area (Å²) in [5.41, 5.74) is 0. The number of ether oxygens (including phenoxy) is 2. The summed E-state index contributed by atoms with van der Waals surface area (Å²) in [7, 11) is 0. The van der Waals surface area contributed by atoms with Gasteiger partial charge in [-0.25, -0.2) is 0 Å². The van der Waals surface area contributed by atoms with E-state index in [9.17, 15) is 0 Å². The molecule has 1 unspecified atom stereocenters. The minimum absolute atomic E-state index is 0.616. The van der Waals surface area contributed by atoms with Gasteiger partial charge in [-0.1, -0.05) is 15.9 Å². The van der Waals surface area contributed by atoms with Gasteiger partial charge in [-0.05, 0) is 62.5 Å². The van der Waals surface area contributed by atoms with E-state index in [0.29, 0.717) is 13.2 Å². The number of rotatable bonds is 7. The zero-order valence-electron chi connectivity index (χ0n) is 11.2. The minimum Gasteiger partial charge on any atom is -0.491 e. The van der Waals surface area contributed by atoms with Crippen LogP contribution in [-0.2, 0) is 4.74 Å². The molecule has 1 heterocycles. The van der Waals surface area contributed by atoms with Crippen molar-refractivity contribution in [1.29, 1.82) is 0 Å². The molecule has 1 fully saturated rings. The molecule has 0 aromatic heterocycles. The van der Waals surface area contributed by atoms with Gasteiger partial charge >= 0.3 is 0 Å². The largest absolute Gasteiger partial charge is 0.491 e. The SMILES string of the molecule is Brc1ccc(OCCOCCC2CCCNC2)cc1. The van der Waals surface area contributed by atoms with Crippen molar-refractivity contribution in [2.75, 3.05) is 32.9 Å². The van der Waals surface area contributed by atoms with Crippen molar-refractivity contribution in [3.05, 3.63) is 28.7 Å². The fourth-order valence-corrected chi connectivity index (χ4v) is 2.54. The van der Waals surface area contributed by atoms with Crippen molar-refractivity contribution in [1.82, 2.24) is 5.32 Å². The second kappa shape index (κ2) is 8.56. The Hall–Kier alpha value is -0.580. The third-order valence-electron chi connectivity index (χ3n) is 3.38. The van der Waals surface area contributed by atoms with Crippen molar-refractivity contribution in [2.45, 2.75) is 19.3 Å². The van der Waals surface area contributed by atoms with E-state index in [1.165, 1.54) is 19.4 Å². The molecule has 1 aromatic rings. The lowest BCUT2D eigenvalue weighted by atomic mass is 9.97. The highest BCUT2D eigenvalue weighted by molar-refractivity contribution is 9.10. The van der Waals surface area contributed by atoms with Crippen molar-refractivity contribution >= 4 is 15.9 Å². The van der Waals surface area contributed by atoms with Gasteiger partial charge in [0.1, 0.15) is 12.4 Å². The Kier molecular flexibility index (Phi) is 6.68. The second-order valence-corrected chi connectivity index (χ2v) is 5.83. The highest BCUT2D eigenvalue weighted by Crippen LogP contribution is 2.16. The van der Waals surface area contributed by atoms with E-state index >= 15 is 0 Å². The van der Waals surface area contributed by atoms with Gasteiger partial charge in [-0.2, -0.15) is 0 Å². The van der Waals surface area contributed by atoms with Crippen LogP contribution in [0.4, 0.5) is 0 Å². The Morgan fingerprint density at radius 2 is 2.00 bits per heavy atom. The highest BCUT2D eigenvalue weighted by Gasteiger charge is 2.11. The summed E-state index contributed by atoms with van der Waals surface area (Å²) in [6, 6.07) is 7.87. The summed E-state index contributed by atoms with van der Waals surface area (Å²) < 4.78 is 12.3. The number of hydrogen-bond acceptors (Lipinski definition) is 3. The number of benzene rings is 1. The molecule has 19 heavy (non-hydrogen) atoms. The van der Waals surface area contributed by atoms with Gasteiger partial charge in [0.15, 0.2) is 0 Å². The van der Waals surface area contributed by atoms with Gasteiger partial charge in [0.25, 0.3) is 0 Å². The summed E-state index contributed by atoms with van der Waals surface area (Å²) in [5, 5.41) is 3.43. The average molecular weight is 328 g/mol. The lowest BCUT2D eigenvalue weighted by molar-refractivity contribution is 0.0874. The molecule has 1 N–H and O–H groups in total. The van der Waals surface area contributed by atoms with Crippen LogP contribution in [0.15, 0.2) is 28.7 Å². The normalized spacial score (nSPS) is 19.3. The van der Waals surface area contributed by atoms with E-state index in [0.717, 1.165) is 35.7 Å². The molecule has 1 saturated heterocycles. The molecule has 1 aromatic carbocycles. The van der Waals surface area contributed by atoms with E-state index in [1.54, 1.807) is 0 Å². The Morgan fingerprint density at radius 3 is 2.74 bits per heavy atom. The fraction of sp³-hybridized carbons (Fsp3) is 0.600. The smallest absolute Gasteiger partial charge is 0.119 e. The molecule has 1 atom stereocenters. The maximum Gasteiger partial charge on any atom is 0.119 e. The summed E-state index contributed by atoms with van der Waals surface area (Å²) in [4.78, 5) is 0.